The number of aliphatic carboxylic acids is 1. The highest BCUT2D eigenvalue weighted by Gasteiger charge is 2.18. The Kier molecular flexibility index (Phi) is 7.33. The third kappa shape index (κ3) is 5.50. The van der Waals surface area contributed by atoms with Crippen molar-refractivity contribution in [3.63, 3.8) is 0 Å². The van der Waals surface area contributed by atoms with Crippen molar-refractivity contribution in [1.29, 1.82) is 0 Å². The lowest BCUT2D eigenvalue weighted by molar-refractivity contribution is -0.137. The minimum atomic E-state index is -0.887. The fraction of sp³-hybridized carbons (Fsp3) is 0.350. The topological polar surface area (TPSA) is 66.8 Å². The van der Waals surface area contributed by atoms with Crippen molar-refractivity contribution in [2.45, 2.75) is 39.0 Å². The van der Waals surface area contributed by atoms with Crippen LogP contribution in [0.4, 0.5) is 4.39 Å². The molecule has 7 heteroatoms. The average molecular weight is 415 g/mol. The van der Waals surface area contributed by atoms with Gasteiger partial charge in [0.15, 0.2) is 0 Å². The molecule has 0 unspecified atom stereocenters. The Bertz CT molecular complexity index is 814. The van der Waals surface area contributed by atoms with Crippen molar-refractivity contribution in [2.75, 3.05) is 6.61 Å². The molecule has 0 aliphatic rings. The normalized spacial score (nSPS) is 11.0. The van der Waals surface area contributed by atoms with E-state index in [0.717, 1.165) is 0 Å². The number of rotatable bonds is 8. The summed E-state index contributed by atoms with van der Waals surface area (Å²) in [5, 5.41) is 19.2. The van der Waals surface area contributed by atoms with Gasteiger partial charge < -0.3 is 14.9 Å². The minimum Gasteiger partial charge on any atom is -0.508 e. The summed E-state index contributed by atoms with van der Waals surface area (Å²) >= 11 is 12.6. The Hall–Kier alpha value is -1.98. The van der Waals surface area contributed by atoms with Gasteiger partial charge in [-0.25, -0.2) is 4.39 Å². The number of ether oxygens (including phenoxy) is 1. The molecule has 27 heavy (non-hydrogen) atoms. The van der Waals surface area contributed by atoms with Gasteiger partial charge in [-0.2, -0.15) is 0 Å². The maximum atomic E-state index is 14.8. The molecule has 0 aliphatic carbocycles. The van der Waals surface area contributed by atoms with Crippen LogP contribution in [0.15, 0.2) is 24.3 Å². The van der Waals surface area contributed by atoms with Gasteiger partial charge in [0.2, 0.25) is 0 Å². The highest BCUT2D eigenvalue weighted by molar-refractivity contribution is 6.36. The molecule has 0 aromatic heterocycles. The van der Waals surface area contributed by atoms with E-state index >= 15 is 0 Å². The highest BCUT2D eigenvalue weighted by Crippen LogP contribution is 2.35. The molecule has 0 saturated carbocycles. The number of phenols is 1. The molecule has 2 N–H and O–H groups in total. The average Bonchev–Trinajstić information content (AvgIpc) is 2.56. The fourth-order valence-corrected chi connectivity index (χ4v) is 3.35. The standard InChI is InChI=1S/C20H21Cl2FO4/c1-11(2)19-17(24)6-5-12(20(19)23)8-14-15(21)9-13(10-16(14)22)27-7-3-4-18(25)26/h5-6,9-11,24H,3-4,7-8H2,1-2H3,(H,25,26). The third-order valence-electron chi connectivity index (χ3n) is 4.10. The summed E-state index contributed by atoms with van der Waals surface area (Å²) in [6, 6.07) is 6.13. The zero-order chi connectivity index (χ0) is 20.1. The van der Waals surface area contributed by atoms with Crippen molar-refractivity contribution >= 4 is 29.2 Å². The second-order valence-corrected chi connectivity index (χ2v) is 7.33. The molecule has 0 atom stereocenters. The van der Waals surface area contributed by atoms with Crippen molar-refractivity contribution in [1.82, 2.24) is 0 Å². The summed E-state index contributed by atoms with van der Waals surface area (Å²) in [4.78, 5) is 10.5. The molecule has 0 heterocycles. The maximum Gasteiger partial charge on any atom is 0.303 e. The minimum absolute atomic E-state index is 0.0118. The van der Waals surface area contributed by atoms with Crippen molar-refractivity contribution in [3.8, 4) is 11.5 Å². The van der Waals surface area contributed by atoms with Crippen LogP contribution in [-0.2, 0) is 11.2 Å². The number of aromatic hydroxyl groups is 1. The summed E-state index contributed by atoms with van der Waals surface area (Å²) in [5.41, 5.74) is 1.20. The van der Waals surface area contributed by atoms with Gasteiger partial charge in [0.1, 0.15) is 17.3 Å². The fourth-order valence-electron chi connectivity index (χ4n) is 2.75. The van der Waals surface area contributed by atoms with Crippen LogP contribution in [0.25, 0.3) is 0 Å². The van der Waals surface area contributed by atoms with E-state index in [1.165, 1.54) is 12.1 Å². The highest BCUT2D eigenvalue weighted by atomic mass is 35.5. The Balaban J connectivity index is 2.20. The van der Waals surface area contributed by atoms with Crippen molar-refractivity contribution in [2.24, 2.45) is 0 Å². The lowest BCUT2D eigenvalue weighted by Crippen LogP contribution is -2.03. The first-order valence-electron chi connectivity index (χ1n) is 8.53. The van der Waals surface area contributed by atoms with E-state index in [1.54, 1.807) is 26.0 Å². The first-order valence-corrected chi connectivity index (χ1v) is 9.29. The van der Waals surface area contributed by atoms with E-state index in [4.69, 9.17) is 33.0 Å². The first kappa shape index (κ1) is 21.3. The van der Waals surface area contributed by atoms with Crippen LogP contribution in [-0.4, -0.2) is 22.8 Å². The summed E-state index contributed by atoms with van der Waals surface area (Å²) in [6.07, 6.45) is 0.545. The number of carbonyl (C=O) groups is 1. The number of benzene rings is 2. The molecule has 146 valence electrons. The molecule has 2 aromatic carbocycles. The summed E-state index contributed by atoms with van der Waals surface area (Å²) in [7, 11) is 0. The number of hydrogen-bond acceptors (Lipinski definition) is 3. The number of phenolic OH excluding ortho intramolecular Hbond substituents is 1. The van der Waals surface area contributed by atoms with E-state index in [9.17, 15) is 14.3 Å². The lowest BCUT2D eigenvalue weighted by Gasteiger charge is -2.15. The summed E-state index contributed by atoms with van der Waals surface area (Å²) < 4.78 is 20.2. The van der Waals surface area contributed by atoms with Gasteiger partial charge in [0.25, 0.3) is 0 Å². The predicted octanol–water partition coefficient (Wildman–Crippen LogP) is 5.80. The molecule has 4 nitrogen and oxygen atoms in total. The van der Waals surface area contributed by atoms with Gasteiger partial charge >= 0.3 is 5.97 Å². The van der Waals surface area contributed by atoms with E-state index in [2.05, 4.69) is 0 Å². The van der Waals surface area contributed by atoms with E-state index < -0.39 is 11.8 Å². The van der Waals surface area contributed by atoms with Gasteiger partial charge in [0.05, 0.1) is 6.61 Å². The second kappa shape index (κ2) is 9.29. The quantitative estimate of drug-likeness (QED) is 0.535. The van der Waals surface area contributed by atoms with Gasteiger partial charge in [-0.3, -0.25) is 4.79 Å². The van der Waals surface area contributed by atoms with Crippen molar-refractivity contribution in [3.05, 3.63) is 56.8 Å². The molecule has 0 spiro atoms. The zero-order valence-corrected chi connectivity index (χ0v) is 16.6. The Morgan fingerprint density at radius 2 is 1.85 bits per heavy atom. The van der Waals surface area contributed by atoms with Gasteiger partial charge in [-0.05, 0) is 41.7 Å². The smallest absolute Gasteiger partial charge is 0.303 e. The molecule has 0 fully saturated rings. The molecule has 0 saturated heterocycles. The monoisotopic (exact) mass is 414 g/mol. The molecule has 0 radical (unpaired) electrons. The van der Waals surface area contributed by atoms with Crippen LogP contribution in [0.1, 0.15) is 49.3 Å². The Morgan fingerprint density at radius 3 is 2.41 bits per heavy atom. The first-order chi connectivity index (χ1) is 12.7. The largest absolute Gasteiger partial charge is 0.508 e. The molecule has 0 aliphatic heterocycles. The summed E-state index contributed by atoms with van der Waals surface area (Å²) in [5.74, 6) is -1.17. The van der Waals surface area contributed by atoms with E-state index in [-0.39, 0.29) is 36.7 Å². The number of halogens is 3. The van der Waals surface area contributed by atoms with Gasteiger partial charge in [-0.1, -0.05) is 43.1 Å². The van der Waals surface area contributed by atoms with E-state index in [1.807, 2.05) is 0 Å². The van der Waals surface area contributed by atoms with Crippen LogP contribution >= 0.6 is 23.2 Å². The molecule has 2 aromatic rings. The van der Waals surface area contributed by atoms with Gasteiger partial charge in [-0.15, -0.1) is 0 Å². The molecule has 0 bridgehead atoms. The maximum absolute atomic E-state index is 14.8. The van der Waals surface area contributed by atoms with Crippen LogP contribution in [0.2, 0.25) is 10.0 Å². The summed E-state index contributed by atoms with van der Waals surface area (Å²) in [6.45, 7) is 3.83. The zero-order valence-electron chi connectivity index (χ0n) is 15.1. The number of hydrogen-bond donors (Lipinski definition) is 2. The SMILES string of the molecule is CC(C)c1c(O)ccc(Cc2c(Cl)cc(OCCCC(=O)O)cc2Cl)c1F. The third-order valence-corrected chi connectivity index (χ3v) is 4.77. The molecule has 0 amide bonds. The Labute approximate surface area is 167 Å². The Morgan fingerprint density at radius 1 is 1.22 bits per heavy atom. The number of carboxylic acids is 1. The molecular formula is C20H21Cl2FO4. The lowest BCUT2D eigenvalue weighted by atomic mass is 9.95. The van der Waals surface area contributed by atoms with E-state index in [0.29, 0.717) is 33.3 Å². The van der Waals surface area contributed by atoms with Crippen LogP contribution in [0.5, 0.6) is 11.5 Å². The van der Waals surface area contributed by atoms with Crippen LogP contribution < -0.4 is 4.74 Å². The molecular weight excluding hydrogens is 394 g/mol. The predicted molar refractivity (Wildman–Crippen MR) is 104 cm³/mol. The van der Waals surface area contributed by atoms with Gasteiger partial charge in [0, 0.05) is 28.5 Å². The second-order valence-electron chi connectivity index (χ2n) is 6.51. The number of carboxylic acid groups (broad SMARTS) is 1. The van der Waals surface area contributed by atoms with Crippen LogP contribution in [0, 0.1) is 5.82 Å². The van der Waals surface area contributed by atoms with Crippen molar-refractivity contribution < 1.29 is 24.1 Å². The van der Waals surface area contributed by atoms with Crippen LogP contribution in [0.3, 0.4) is 0 Å². The molecule has 2 rings (SSSR count).